The van der Waals surface area contributed by atoms with E-state index in [2.05, 4.69) is 30.4 Å². The van der Waals surface area contributed by atoms with Crippen molar-refractivity contribution in [2.75, 3.05) is 6.54 Å². The van der Waals surface area contributed by atoms with Crippen LogP contribution >= 0.6 is 0 Å². The molecule has 1 aromatic carbocycles. The molecule has 1 saturated heterocycles. The maximum Gasteiger partial charge on any atom is 0.0733 e. The molecule has 0 aliphatic carbocycles. The molecule has 76 valence electrons. The van der Waals surface area contributed by atoms with Crippen molar-refractivity contribution in [3.8, 4) is 0 Å². The summed E-state index contributed by atoms with van der Waals surface area (Å²) in [7, 11) is 0. The molecule has 1 aliphatic rings. The number of benzene rings is 1. The Morgan fingerprint density at radius 1 is 1.57 bits per heavy atom. The lowest BCUT2D eigenvalue weighted by Crippen LogP contribution is -2.51. The molecule has 2 atom stereocenters. The Hall–Kier alpha value is -0.860. The molecule has 1 fully saturated rings. The van der Waals surface area contributed by atoms with E-state index in [1.54, 1.807) is 0 Å². The first kappa shape index (κ1) is 9.69. The van der Waals surface area contributed by atoms with Gasteiger partial charge in [-0.25, -0.2) is 0 Å². The summed E-state index contributed by atoms with van der Waals surface area (Å²) >= 11 is 0. The van der Waals surface area contributed by atoms with Crippen molar-refractivity contribution >= 4 is 0 Å². The lowest BCUT2D eigenvalue weighted by atomic mass is 9.95. The number of nitrogens with one attached hydrogen (secondary N) is 1. The molecule has 1 heterocycles. The van der Waals surface area contributed by atoms with Gasteiger partial charge in [0, 0.05) is 6.04 Å². The zero-order valence-corrected chi connectivity index (χ0v) is 8.53. The molecule has 0 aromatic heterocycles. The van der Waals surface area contributed by atoms with Crippen molar-refractivity contribution < 1.29 is 5.11 Å². The Morgan fingerprint density at radius 2 is 2.36 bits per heavy atom. The highest BCUT2D eigenvalue weighted by Gasteiger charge is 2.24. The fourth-order valence-corrected chi connectivity index (χ4v) is 1.86. The molecule has 0 saturated carbocycles. The van der Waals surface area contributed by atoms with Gasteiger partial charge in [-0.05, 0) is 31.9 Å². The summed E-state index contributed by atoms with van der Waals surface area (Å²) in [4.78, 5) is 0. The standard InChI is InChI=1S/C12H17NO/c1-9-3-2-4-10(7-9)8-12(14)11-5-6-13-11/h2-4,7,11-14H,5-6,8H2,1H3. The molecule has 2 unspecified atom stereocenters. The third-order valence-electron chi connectivity index (χ3n) is 2.85. The molecule has 2 nitrogen and oxygen atoms in total. The van der Waals surface area contributed by atoms with E-state index in [0.717, 1.165) is 19.4 Å². The number of aliphatic hydroxyl groups is 1. The van der Waals surface area contributed by atoms with Gasteiger partial charge in [-0.2, -0.15) is 0 Å². The molecule has 2 N–H and O–H groups in total. The summed E-state index contributed by atoms with van der Waals surface area (Å²) in [5, 5.41) is 13.1. The Balaban J connectivity index is 1.95. The molecule has 1 aromatic rings. The second kappa shape index (κ2) is 4.11. The van der Waals surface area contributed by atoms with E-state index in [1.165, 1.54) is 11.1 Å². The molecule has 14 heavy (non-hydrogen) atoms. The fraction of sp³-hybridized carbons (Fsp3) is 0.500. The minimum Gasteiger partial charge on any atom is -0.391 e. The summed E-state index contributed by atoms with van der Waals surface area (Å²) in [6.45, 7) is 3.13. The lowest BCUT2D eigenvalue weighted by molar-refractivity contribution is 0.0956. The van der Waals surface area contributed by atoms with E-state index in [1.807, 2.05) is 6.07 Å². The second-order valence-electron chi connectivity index (χ2n) is 4.11. The van der Waals surface area contributed by atoms with Gasteiger partial charge in [0.2, 0.25) is 0 Å². The SMILES string of the molecule is Cc1cccc(CC(O)C2CCN2)c1. The zero-order chi connectivity index (χ0) is 9.97. The molecular weight excluding hydrogens is 174 g/mol. The monoisotopic (exact) mass is 191 g/mol. The van der Waals surface area contributed by atoms with Crippen LogP contribution in [0.25, 0.3) is 0 Å². The number of rotatable bonds is 3. The number of hydrogen-bond acceptors (Lipinski definition) is 2. The van der Waals surface area contributed by atoms with Crippen LogP contribution in [0, 0.1) is 6.92 Å². The van der Waals surface area contributed by atoms with Crippen LogP contribution in [0.2, 0.25) is 0 Å². The van der Waals surface area contributed by atoms with E-state index in [9.17, 15) is 5.11 Å². The van der Waals surface area contributed by atoms with Gasteiger partial charge in [0.15, 0.2) is 0 Å². The second-order valence-corrected chi connectivity index (χ2v) is 4.11. The van der Waals surface area contributed by atoms with Crippen molar-refractivity contribution in [1.29, 1.82) is 0 Å². The van der Waals surface area contributed by atoms with Crippen LogP contribution in [0.3, 0.4) is 0 Å². The van der Waals surface area contributed by atoms with Crippen molar-refractivity contribution in [1.82, 2.24) is 5.32 Å². The molecule has 0 amide bonds. The first-order valence-corrected chi connectivity index (χ1v) is 5.23. The molecule has 0 bridgehead atoms. The largest absolute Gasteiger partial charge is 0.391 e. The van der Waals surface area contributed by atoms with Crippen LogP contribution in [0.4, 0.5) is 0 Å². The quantitative estimate of drug-likeness (QED) is 0.754. The summed E-state index contributed by atoms with van der Waals surface area (Å²) in [6, 6.07) is 8.66. The van der Waals surface area contributed by atoms with Gasteiger partial charge in [-0.1, -0.05) is 29.8 Å². The van der Waals surface area contributed by atoms with Crippen LogP contribution in [0.1, 0.15) is 17.5 Å². The average Bonchev–Trinajstić information content (AvgIpc) is 1.99. The van der Waals surface area contributed by atoms with Gasteiger partial charge < -0.3 is 10.4 Å². The third kappa shape index (κ3) is 2.14. The van der Waals surface area contributed by atoms with Crippen LogP contribution < -0.4 is 5.32 Å². The Kier molecular flexibility index (Phi) is 2.85. The van der Waals surface area contributed by atoms with Crippen LogP contribution in [-0.2, 0) is 6.42 Å². The van der Waals surface area contributed by atoms with Gasteiger partial charge in [0.05, 0.1) is 6.10 Å². The summed E-state index contributed by atoms with van der Waals surface area (Å²) in [5.41, 5.74) is 2.49. The highest BCUT2D eigenvalue weighted by molar-refractivity contribution is 5.23. The van der Waals surface area contributed by atoms with E-state index in [-0.39, 0.29) is 6.10 Å². The highest BCUT2D eigenvalue weighted by atomic mass is 16.3. The van der Waals surface area contributed by atoms with Crippen LogP contribution in [0.15, 0.2) is 24.3 Å². The van der Waals surface area contributed by atoms with Crippen LogP contribution in [0.5, 0.6) is 0 Å². The van der Waals surface area contributed by atoms with Crippen molar-refractivity contribution in [3.05, 3.63) is 35.4 Å². The van der Waals surface area contributed by atoms with Gasteiger partial charge in [0.25, 0.3) is 0 Å². The fourth-order valence-electron chi connectivity index (χ4n) is 1.86. The third-order valence-corrected chi connectivity index (χ3v) is 2.85. The molecule has 2 rings (SSSR count). The van der Waals surface area contributed by atoms with E-state index in [0.29, 0.717) is 6.04 Å². The average molecular weight is 191 g/mol. The van der Waals surface area contributed by atoms with Crippen molar-refractivity contribution in [2.24, 2.45) is 0 Å². The predicted molar refractivity (Wildman–Crippen MR) is 57.3 cm³/mol. The minimum atomic E-state index is -0.231. The number of aliphatic hydroxyl groups excluding tert-OH is 1. The Labute approximate surface area is 85.0 Å². The highest BCUT2D eigenvalue weighted by Crippen LogP contribution is 2.13. The minimum absolute atomic E-state index is 0.231. The van der Waals surface area contributed by atoms with Gasteiger partial charge in [-0.15, -0.1) is 0 Å². The molecule has 1 aliphatic heterocycles. The maximum atomic E-state index is 9.85. The number of hydrogen-bond donors (Lipinski definition) is 2. The lowest BCUT2D eigenvalue weighted by Gasteiger charge is -2.32. The van der Waals surface area contributed by atoms with Crippen LogP contribution in [-0.4, -0.2) is 23.8 Å². The Morgan fingerprint density at radius 3 is 2.93 bits per heavy atom. The van der Waals surface area contributed by atoms with Gasteiger partial charge in [0.1, 0.15) is 0 Å². The van der Waals surface area contributed by atoms with E-state index < -0.39 is 0 Å². The van der Waals surface area contributed by atoms with Gasteiger partial charge >= 0.3 is 0 Å². The summed E-state index contributed by atoms with van der Waals surface area (Å²) in [5.74, 6) is 0. The molecule has 0 spiro atoms. The van der Waals surface area contributed by atoms with E-state index in [4.69, 9.17) is 0 Å². The van der Waals surface area contributed by atoms with Crippen molar-refractivity contribution in [3.63, 3.8) is 0 Å². The topological polar surface area (TPSA) is 32.3 Å². The first-order valence-electron chi connectivity index (χ1n) is 5.23. The molecular formula is C12H17NO. The number of aryl methyl sites for hydroxylation is 1. The first-order chi connectivity index (χ1) is 6.75. The summed E-state index contributed by atoms with van der Waals surface area (Å²) in [6.07, 6.45) is 1.64. The molecule has 0 radical (unpaired) electrons. The predicted octanol–water partition coefficient (Wildman–Crippen LogP) is 1.26. The van der Waals surface area contributed by atoms with Crippen molar-refractivity contribution in [2.45, 2.75) is 31.9 Å². The Bertz CT molecular complexity index is 307. The smallest absolute Gasteiger partial charge is 0.0733 e. The molecule has 2 heteroatoms. The van der Waals surface area contributed by atoms with Gasteiger partial charge in [-0.3, -0.25) is 0 Å². The normalized spacial score (nSPS) is 22.9. The van der Waals surface area contributed by atoms with E-state index >= 15 is 0 Å². The zero-order valence-electron chi connectivity index (χ0n) is 8.53. The maximum absolute atomic E-state index is 9.85. The summed E-state index contributed by atoms with van der Waals surface area (Å²) < 4.78 is 0.